The molecule has 2 unspecified atom stereocenters. The highest BCUT2D eigenvalue weighted by atomic mass is 32.2. The molecule has 1 aliphatic heterocycles. The Bertz CT molecular complexity index is 245. The molecule has 1 fully saturated rings. The van der Waals surface area contributed by atoms with Crippen LogP contribution in [0, 0.1) is 5.92 Å². The lowest BCUT2D eigenvalue weighted by Gasteiger charge is -2.22. The van der Waals surface area contributed by atoms with Gasteiger partial charge in [0.1, 0.15) is 6.23 Å². The highest BCUT2D eigenvalue weighted by Gasteiger charge is 2.38. The second-order valence-electron chi connectivity index (χ2n) is 3.67. The Hall–Kier alpha value is -0.550. The number of likely N-dealkylation sites (tertiary alicyclic amines) is 1. The Morgan fingerprint density at radius 1 is 1.50 bits per heavy atom. The number of carbonyl (C=O) groups is 2. The van der Waals surface area contributed by atoms with E-state index in [0.29, 0.717) is 13.0 Å². The van der Waals surface area contributed by atoms with Crippen LogP contribution < -0.4 is 0 Å². The zero-order valence-electron chi connectivity index (χ0n) is 10.6. The molecule has 1 rings (SSSR count). The molecule has 0 radical (unpaired) electrons. The number of ether oxygens (including phenoxy) is 1. The fourth-order valence-corrected chi connectivity index (χ4v) is 1.51. The van der Waals surface area contributed by atoms with Crippen LogP contribution in [0.3, 0.4) is 0 Å². The Morgan fingerprint density at radius 3 is 2.31 bits per heavy atom. The zero-order valence-corrected chi connectivity index (χ0v) is 11.5. The van der Waals surface area contributed by atoms with Gasteiger partial charge in [0.15, 0.2) is 0 Å². The summed E-state index contributed by atoms with van der Waals surface area (Å²) in [6.45, 7) is 5.83. The molecule has 4 nitrogen and oxygen atoms in total. The van der Waals surface area contributed by atoms with Crippen molar-refractivity contribution in [2.24, 2.45) is 5.92 Å². The van der Waals surface area contributed by atoms with Crippen molar-refractivity contribution in [1.82, 2.24) is 4.90 Å². The molecule has 5 heteroatoms. The van der Waals surface area contributed by atoms with Gasteiger partial charge in [-0.1, -0.05) is 6.92 Å². The van der Waals surface area contributed by atoms with Gasteiger partial charge >= 0.3 is 0 Å². The summed E-state index contributed by atoms with van der Waals surface area (Å²) in [6.07, 6.45) is 3.98. The molecule has 1 heterocycles. The zero-order chi connectivity index (χ0) is 12.7. The lowest BCUT2D eigenvalue weighted by Crippen LogP contribution is -2.39. The number of amides is 2. The minimum atomic E-state index is -0.421. The van der Waals surface area contributed by atoms with Crippen molar-refractivity contribution in [3.05, 3.63) is 0 Å². The van der Waals surface area contributed by atoms with Gasteiger partial charge in [-0.25, -0.2) is 0 Å². The summed E-state index contributed by atoms with van der Waals surface area (Å²) in [5, 5.41) is 0. The number of imide groups is 1. The Labute approximate surface area is 102 Å². The SMILES string of the molecule is CCOC(C)N1C(=O)CC(C)C1=O.CSC. The third kappa shape index (κ3) is 4.14. The average molecular weight is 247 g/mol. The van der Waals surface area contributed by atoms with E-state index in [0.717, 1.165) is 0 Å². The third-order valence-electron chi connectivity index (χ3n) is 2.18. The van der Waals surface area contributed by atoms with Gasteiger partial charge in [-0.15, -0.1) is 0 Å². The molecule has 0 saturated carbocycles. The van der Waals surface area contributed by atoms with Gasteiger partial charge < -0.3 is 4.74 Å². The molecule has 2 atom stereocenters. The van der Waals surface area contributed by atoms with Crippen LogP contribution in [0.25, 0.3) is 0 Å². The summed E-state index contributed by atoms with van der Waals surface area (Å²) in [7, 11) is 0. The van der Waals surface area contributed by atoms with Crippen LogP contribution >= 0.6 is 11.8 Å². The number of rotatable bonds is 3. The van der Waals surface area contributed by atoms with E-state index in [1.807, 2.05) is 19.4 Å². The second kappa shape index (κ2) is 7.68. The summed E-state index contributed by atoms with van der Waals surface area (Å²) in [5.74, 6) is -0.431. The quantitative estimate of drug-likeness (QED) is 0.713. The first-order valence-corrected chi connectivity index (χ1v) is 7.00. The summed E-state index contributed by atoms with van der Waals surface area (Å²) in [6, 6.07) is 0. The summed E-state index contributed by atoms with van der Waals surface area (Å²) in [5.41, 5.74) is 0. The van der Waals surface area contributed by atoms with Gasteiger partial charge in [-0.3, -0.25) is 14.5 Å². The van der Waals surface area contributed by atoms with Crippen LogP contribution in [0.1, 0.15) is 27.2 Å². The molecular formula is C11H21NO3S. The van der Waals surface area contributed by atoms with Crippen molar-refractivity contribution < 1.29 is 14.3 Å². The molecule has 0 N–H and O–H groups in total. The molecule has 2 amide bonds. The molecule has 0 aromatic heterocycles. The molecule has 0 spiro atoms. The molecule has 0 bridgehead atoms. The van der Waals surface area contributed by atoms with Crippen LogP contribution in [-0.2, 0) is 14.3 Å². The summed E-state index contributed by atoms with van der Waals surface area (Å²) in [4.78, 5) is 24.0. The first kappa shape index (κ1) is 15.4. The number of hydrogen-bond acceptors (Lipinski definition) is 4. The maximum Gasteiger partial charge on any atom is 0.234 e. The minimum absolute atomic E-state index is 0.119. The van der Waals surface area contributed by atoms with Crippen molar-refractivity contribution in [2.45, 2.75) is 33.4 Å². The molecule has 0 aromatic carbocycles. The van der Waals surface area contributed by atoms with Crippen LogP contribution in [0.4, 0.5) is 0 Å². The first-order valence-electron chi connectivity index (χ1n) is 5.37. The standard InChI is InChI=1S/C9H15NO3.C2H6S/c1-4-13-7(3)10-8(11)5-6(2)9(10)12;1-3-2/h6-7H,4-5H2,1-3H3;1-2H3. The minimum Gasteiger partial charge on any atom is -0.358 e. The normalized spacial score (nSPS) is 21.8. The molecule has 0 aliphatic carbocycles. The lowest BCUT2D eigenvalue weighted by atomic mass is 10.1. The molecule has 1 saturated heterocycles. The van der Waals surface area contributed by atoms with Crippen molar-refractivity contribution >= 4 is 23.6 Å². The van der Waals surface area contributed by atoms with E-state index in [2.05, 4.69) is 0 Å². The number of nitrogens with zero attached hydrogens (tertiary/aromatic N) is 1. The Kier molecular flexibility index (Phi) is 7.42. The fraction of sp³-hybridized carbons (Fsp3) is 0.818. The van der Waals surface area contributed by atoms with Gasteiger partial charge in [0.05, 0.1) is 0 Å². The van der Waals surface area contributed by atoms with Gasteiger partial charge in [-0.05, 0) is 26.4 Å². The smallest absolute Gasteiger partial charge is 0.234 e. The molecule has 0 aromatic rings. The van der Waals surface area contributed by atoms with E-state index >= 15 is 0 Å². The van der Waals surface area contributed by atoms with Gasteiger partial charge in [0, 0.05) is 18.9 Å². The summed E-state index contributed by atoms with van der Waals surface area (Å²) < 4.78 is 5.20. The number of carbonyl (C=O) groups excluding carboxylic acids is 2. The maximum atomic E-state index is 11.5. The first-order chi connectivity index (χ1) is 7.49. The number of thioether (sulfide) groups is 1. The van der Waals surface area contributed by atoms with Crippen LogP contribution in [0.5, 0.6) is 0 Å². The molecule has 94 valence electrons. The van der Waals surface area contributed by atoms with Gasteiger partial charge in [-0.2, -0.15) is 11.8 Å². The third-order valence-corrected chi connectivity index (χ3v) is 2.18. The monoisotopic (exact) mass is 247 g/mol. The molecule has 1 aliphatic rings. The van der Waals surface area contributed by atoms with Gasteiger partial charge in [0.25, 0.3) is 0 Å². The Morgan fingerprint density at radius 2 is 2.00 bits per heavy atom. The fourth-order valence-electron chi connectivity index (χ4n) is 1.51. The number of hydrogen-bond donors (Lipinski definition) is 0. The summed E-state index contributed by atoms with van der Waals surface area (Å²) >= 11 is 1.75. The van der Waals surface area contributed by atoms with Crippen LogP contribution in [0.2, 0.25) is 0 Å². The van der Waals surface area contributed by atoms with Crippen LogP contribution in [-0.4, -0.2) is 42.1 Å². The molecule has 16 heavy (non-hydrogen) atoms. The van der Waals surface area contributed by atoms with Crippen molar-refractivity contribution in [3.8, 4) is 0 Å². The van der Waals surface area contributed by atoms with E-state index in [1.165, 1.54) is 4.90 Å². The average Bonchev–Trinajstić information content (AvgIpc) is 2.42. The van der Waals surface area contributed by atoms with E-state index < -0.39 is 6.23 Å². The Balaban J connectivity index is 0.000000673. The molecular weight excluding hydrogens is 226 g/mol. The topological polar surface area (TPSA) is 46.6 Å². The van der Waals surface area contributed by atoms with Crippen molar-refractivity contribution in [2.75, 3.05) is 19.1 Å². The van der Waals surface area contributed by atoms with Crippen molar-refractivity contribution in [1.29, 1.82) is 0 Å². The van der Waals surface area contributed by atoms with E-state index in [1.54, 1.807) is 25.6 Å². The largest absolute Gasteiger partial charge is 0.358 e. The predicted octanol–water partition coefficient (Wildman–Crippen LogP) is 1.74. The highest BCUT2D eigenvalue weighted by molar-refractivity contribution is 7.97. The lowest BCUT2D eigenvalue weighted by molar-refractivity contribution is -0.152. The maximum absolute atomic E-state index is 11.5. The van der Waals surface area contributed by atoms with Crippen LogP contribution in [0.15, 0.2) is 0 Å². The highest BCUT2D eigenvalue weighted by Crippen LogP contribution is 2.21. The van der Waals surface area contributed by atoms with Gasteiger partial charge in [0.2, 0.25) is 11.8 Å². The predicted molar refractivity (Wildman–Crippen MR) is 66.2 cm³/mol. The van der Waals surface area contributed by atoms with E-state index in [9.17, 15) is 9.59 Å². The second-order valence-corrected chi connectivity index (χ2v) is 4.49. The van der Waals surface area contributed by atoms with E-state index in [4.69, 9.17) is 4.74 Å². The van der Waals surface area contributed by atoms with E-state index in [-0.39, 0.29) is 17.7 Å². The van der Waals surface area contributed by atoms with Crippen molar-refractivity contribution in [3.63, 3.8) is 0 Å².